The maximum atomic E-state index is 12.2. The van der Waals surface area contributed by atoms with Crippen molar-refractivity contribution in [3.63, 3.8) is 0 Å². The minimum Gasteiger partial charge on any atom is -0.481 e. The molecule has 0 saturated carbocycles. The second-order valence-corrected chi connectivity index (χ2v) is 7.83. The Labute approximate surface area is 160 Å². The predicted octanol–water partition coefficient (Wildman–Crippen LogP) is 4.38. The van der Waals surface area contributed by atoms with Crippen LogP contribution < -0.4 is 10.1 Å². The Kier molecular flexibility index (Phi) is 7.01. The van der Waals surface area contributed by atoms with Crippen LogP contribution in [0.2, 0.25) is 0 Å². The van der Waals surface area contributed by atoms with Gasteiger partial charge in [-0.2, -0.15) is 11.8 Å². The van der Waals surface area contributed by atoms with Gasteiger partial charge in [-0.3, -0.25) is 4.79 Å². The molecule has 0 radical (unpaired) electrons. The minimum atomic E-state index is -0.476. The molecule has 1 N–H and O–H groups in total. The van der Waals surface area contributed by atoms with Crippen molar-refractivity contribution in [2.45, 2.75) is 44.5 Å². The Bertz CT molecular complexity index is 717. The molecule has 1 aliphatic carbocycles. The molecule has 26 heavy (non-hydrogen) atoms. The highest BCUT2D eigenvalue weighted by molar-refractivity contribution is 7.98. The van der Waals surface area contributed by atoms with Gasteiger partial charge in [0.1, 0.15) is 5.75 Å². The first-order chi connectivity index (χ1) is 12.7. The molecule has 2 aromatic carbocycles. The number of aryl methyl sites for hydroxylation is 2. The number of ether oxygens (including phenoxy) is 1. The number of carbonyl (C=O) groups excluding carboxylic acids is 1. The van der Waals surface area contributed by atoms with Crippen LogP contribution >= 0.6 is 11.8 Å². The number of hydrogen-bond acceptors (Lipinski definition) is 3. The van der Waals surface area contributed by atoms with Crippen molar-refractivity contribution in [2.75, 3.05) is 12.3 Å². The highest BCUT2D eigenvalue weighted by Crippen LogP contribution is 2.25. The van der Waals surface area contributed by atoms with E-state index in [0.717, 1.165) is 30.1 Å². The number of nitrogens with one attached hydrogen (secondary N) is 1. The van der Waals surface area contributed by atoms with Crippen LogP contribution in [-0.2, 0) is 23.4 Å². The van der Waals surface area contributed by atoms with E-state index in [1.54, 1.807) is 0 Å². The van der Waals surface area contributed by atoms with Gasteiger partial charge in [-0.05, 0) is 61.4 Å². The summed E-state index contributed by atoms with van der Waals surface area (Å²) in [7, 11) is 0. The topological polar surface area (TPSA) is 38.3 Å². The van der Waals surface area contributed by atoms with Crippen molar-refractivity contribution >= 4 is 17.7 Å². The summed E-state index contributed by atoms with van der Waals surface area (Å²) in [6.07, 6.45) is 4.32. The molecule has 138 valence electrons. The van der Waals surface area contributed by atoms with E-state index in [0.29, 0.717) is 6.54 Å². The van der Waals surface area contributed by atoms with Gasteiger partial charge in [-0.25, -0.2) is 0 Å². The monoisotopic (exact) mass is 369 g/mol. The fourth-order valence-corrected chi connectivity index (χ4v) is 4.01. The van der Waals surface area contributed by atoms with E-state index in [2.05, 4.69) is 41.7 Å². The van der Waals surface area contributed by atoms with Crippen molar-refractivity contribution in [1.82, 2.24) is 5.32 Å². The van der Waals surface area contributed by atoms with Crippen LogP contribution in [0.4, 0.5) is 0 Å². The summed E-state index contributed by atoms with van der Waals surface area (Å²) in [6, 6.07) is 16.6. The zero-order chi connectivity index (χ0) is 18.2. The molecule has 0 aromatic heterocycles. The van der Waals surface area contributed by atoms with Gasteiger partial charge in [0.05, 0.1) is 0 Å². The van der Waals surface area contributed by atoms with Gasteiger partial charge in [-0.15, -0.1) is 0 Å². The molecule has 1 atom stereocenters. The minimum absolute atomic E-state index is 0.0527. The molecule has 1 amide bonds. The molecule has 0 fully saturated rings. The third-order valence-corrected chi connectivity index (χ3v) is 5.69. The lowest BCUT2D eigenvalue weighted by atomic mass is 9.92. The van der Waals surface area contributed by atoms with Crippen LogP contribution in [0.5, 0.6) is 5.75 Å². The first-order valence-corrected chi connectivity index (χ1v) is 10.6. The first kappa shape index (κ1) is 18.8. The van der Waals surface area contributed by atoms with Crippen molar-refractivity contribution in [2.24, 2.45) is 0 Å². The van der Waals surface area contributed by atoms with Crippen LogP contribution in [0, 0.1) is 0 Å². The SMILES string of the molecule is C[C@@H](Oc1ccc2c(c1)CCCC2)C(=O)NCCSCc1ccccc1. The lowest BCUT2D eigenvalue weighted by molar-refractivity contribution is -0.127. The number of fused-ring (bicyclic) bond motifs is 1. The quantitative estimate of drug-likeness (QED) is 0.702. The number of rotatable bonds is 8. The van der Waals surface area contributed by atoms with Gasteiger partial charge in [0.25, 0.3) is 5.91 Å². The lowest BCUT2D eigenvalue weighted by Gasteiger charge is -2.19. The Hall–Kier alpha value is -1.94. The molecule has 3 rings (SSSR count). The highest BCUT2D eigenvalue weighted by atomic mass is 32.2. The molecule has 1 aliphatic rings. The molecule has 0 saturated heterocycles. The Morgan fingerprint density at radius 2 is 1.88 bits per heavy atom. The fourth-order valence-electron chi connectivity index (χ4n) is 3.20. The van der Waals surface area contributed by atoms with Crippen molar-refractivity contribution < 1.29 is 9.53 Å². The Morgan fingerprint density at radius 3 is 2.69 bits per heavy atom. The van der Waals surface area contributed by atoms with Crippen LogP contribution in [0.15, 0.2) is 48.5 Å². The predicted molar refractivity (Wildman–Crippen MR) is 109 cm³/mol. The summed E-state index contributed by atoms with van der Waals surface area (Å²) < 4.78 is 5.85. The summed E-state index contributed by atoms with van der Waals surface area (Å²) >= 11 is 1.82. The van der Waals surface area contributed by atoms with Gasteiger partial charge < -0.3 is 10.1 Å². The van der Waals surface area contributed by atoms with Crippen molar-refractivity contribution in [1.29, 1.82) is 0 Å². The van der Waals surface area contributed by atoms with Crippen molar-refractivity contribution in [3.8, 4) is 5.75 Å². The second-order valence-electron chi connectivity index (χ2n) is 6.73. The lowest BCUT2D eigenvalue weighted by Crippen LogP contribution is -2.37. The number of benzene rings is 2. The molecule has 0 aliphatic heterocycles. The number of hydrogen-bond donors (Lipinski definition) is 1. The average Bonchev–Trinajstić information content (AvgIpc) is 2.68. The van der Waals surface area contributed by atoms with Crippen molar-refractivity contribution in [3.05, 3.63) is 65.2 Å². The number of thioether (sulfide) groups is 1. The Morgan fingerprint density at radius 1 is 1.12 bits per heavy atom. The van der Waals surface area contributed by atoms with Crippen LogP contribution in [-0.4, -0.2) is 24.3 Å². The summed E-state index contributed by atoms with van der Waals surface area (Å²) in [5.41, 5.74) is 4.11. The fraction of sp³-hybridized carbons (Fsp3) is 0.409. The second kappa shape index (κ2) is 9.67. The van der Waals surface area contributed by atoms with Crippen LogP contribution in [0.25, 0.3) is 0 Å². The first-order valence-electron chi connectivity index (χ1n) is 9.40. The summed E-state index contributed by atoms with van der Waals surface area (Å²) in [5.74, 6) is 2.61. The third-order valence-electron chi connectivity index (χ3n) is 4.66. The molecule has 0 unspecified atom stereocenters. The number of carbonyl (C=O) groups is 1. The summed E-state index contributed by atoms with van der Waals surface area (Å²) in [6.45, 7) is 2.47. The number of amides is 1. The Balaban J connectivity index is 1.38. The van der Waals surface area contributed by atoms with E-state index in [1.807, 2.05) is 30.8 Å². The van der Waals surface area contributed by atoms with E-state index in [1.165, 1.54) is 29.5 Å². The summed E-state index contributed by atoms with van der Waals surface area (Å²) in [4.78, 5) is 12.2. The van der Waals surface area contributed by atoms with E-state index in [-0.39, 0.29) is 5.91 Å². The standard InChI is InChI=1S/C22H27NO2S/c1-17(25-21-12-11-19-9-5-6-10-20(19)15-21)22(24)23-13-14-26-16-18-7-3-2-4-8-18/h2-4,7-8,11-12,15,17H,5-6,9-10,13-14,16H2,1H3,(H,23,24)/t17-/m1/s1. The van der Waals surface area contributed by atoms with E-state index in [4.69, 9.17) is 4.74 Å². The van der Waals surface area contributed by atoms with E-state index in [9.17, 15) is 4.79 Å². The molecular formula is C22H27NO2S. The average molecular weight is 370 g/mol. The van der Waals surface area contributed by atoms with Crippen LogP contribution in [0.1, 0.15) is 36.5 Å². The molecule has 3 nitrogen and oxygen atoms in total. The van der Waals surface area contributed by atoms with E-state index < -0.39 is 6.10 Å². The van der Waals surface area contributed by atoms with Gasteiger partial charge >= 0.3 is 0 Å². The van der Waals surface area contributed by atoms with Gasteiger partial charge in [-0.1, -0.05) is 36.4 Å². The van der Waals surface area contributed by atoms with E-state index >= 15 is 0 Å². The maximum absolute atomic E-state index is 12.2. The molecular weight excluding hydrogens is 342 g/mol. The largest absolute Gasteiger partial charge is 0.481 e. The molecule has 0 bridgehead atoms. The zero-order valence-electron chi connectivity index (χ0n) is 15.4. The highest BCUT2D eigenvalue weighted by Gasteiger charge is 2.16. The van der Waals surface area contributed by atoms with Gasteiger partial charge in [0.2, 0.25) is 0 Å². The van der Waals surface area contributed by atoms with Gasteiger partial charge in [0.15, 0.2) is 6.10 Å². The molecule has 2 aromatic rings. The normalized spacial score (nSPS) is 14.3. The smallest absolute Gasteiger partial charge is 0.260 e. The summed E-state index contributed by atoms with van der Waals surface area (Å²) in [5, 5.41) is 2.97. The van der Waals surface area contributed by atoms with Crippen LogP contribution in [0.3, 0.4) is 0 Å². The molecule has 0 heterocycles. The zero-order valence-corrected chi connectivity index (χ0v) is 16.2. The van der Waals surface area contributed by atoms with Gasteiger partial charge in [0, 0.05) is 18.1 Å². The molecule has 0 spiro atoms. The molecule has 4 heteroatoms. The maximum Gasteiger partial charge on any atom is 0.260 e. The third kappa shape index (κ3) is 5.53.